The fourth-order valence-corrected chi connectivity index (χ4v) is 4.08. The molecule has 2 aliphatic rings. The fourth-order valence-electron chi connectivity index (χ4n) is 2.99. The SMILES string of the molecule is CN1CCc2nc(C(=O)NC3CCCCC3N)sc2C1.Cl. The van der Waals surface area contributed by atoms with E-state index < -0.39 is 0 Å². The normalized spacial score (nSPS) is 25.8. The van der Waals surface area contributed by atoms with E-state index in [4.69, 9.17) is 5.73 Å². The molecule has 1 aromatic rings. The van der Waals surface area contributed by atoms with E-state index in [9.17, 15) is 4.79 Å². The molecule has 1 fully saturated rings. The zero-order valence-electron chi connectivity index (χ0n) is 12.3. The number of nitrogens with one attached hydrogen (secondary N) is 1. The highest BCUT2D eigenvalue weighted by Gasteiger charge is 2.26. The van der Waals surface area contributed by atoms with Crippen LogP contribution >= 0.6 is 23.7 Å². The molecule has 7 heteroatoms. The van der Waals surface area contributed by atoms with E-state index in [0.29, 0.717) is 5.01 Å². The van der Waals surface area contributed by atoms with Gasteiger partial charge in [0.1, 0.15) is 0 Å². The number of nitrogens with two attached hydrogens (primary N) is 1. The molecule has 2 unspecified atom stereocenters. The summed E-state index contributed by atoms with van der Waals surface area (Å²) < 4.78 is 0. The second kappa shape index (κ2) is 7.05. The van der Waals surface area contributed by atoms with Gasteiger partial charge in [0, 0.05) is 36.5 Å². The number of aromatic nitrogens is 1. The van der Waals surface area contributed by atoms with Gasteiger partial charge in [-0.25, -0.2) is 4.98 Å². The van der Waals surface area contributed by atoms with Crippen molar-refractivity contribution in [2.45, 2.75) is 50.7 Å². The Morgan fingerprint density at radius 1 is 1.43 bits per heavy atom. The molecule has 2 atom stereocenters. The largest absolute Gasteiger partial charge is 0.346 e. The molecule has 0 aromatic carbocycles. The van der Waals surface area contributed by atoms with E-state index in [1.54, 1.807) is 0 Å². The van der Waals surface area contributed by atoms with Crippen molar-refractivity contribution in [3.8, 4) is 0 Å². The fraction of sp³-hybridized carbons (Fsp3) is 0.714. The summed E-state index contributed by atoms with van der Waals surface area (Å²) in [5.41, 5.74) is 7.19. The van der Waals surface area contributed by atoms with Gasteiger partial charge in [0.25, 0.3) is 5.91 Å². The van der Waals surface area contributed by atoms with Crippen LogP contribution in [0.3, 0.4) is 0 Å². The number of rotatable bonds is 2. The van der Waals surface area contributed by atoms with Crippen LogP contribution in [0.25, 0.3) is 0 Å². The summed E-state index contributed by atoms with van der Waals surface area (Å²) in [6.45, 7) is 1.93. The Morgan fingerprint density at radius 2 is 2.19 bits per heavy atom. The lowest BCUT2D eigenvalue weighted by Crippen LogP contribution is -2.49. The Balaban J connectivity index is 0.00000161. The lowest BCUT2D eigenvalue weighted by Gasteiger charge is -2.28. The average molecular weight is 331 g/mol. The standard InChI is InChI=1S/C14H22N4OS.ClH/c1-18-7-6-11-12(8-18)20-14(17-11)13(19)16-10-5-3-2-4-9(10)15;/h9-10H,2-8,15H2,1H3,(H,16,19);1H. The molecule has 1 amide bonds. The molecule has 0 bridgehead atoms. The Morgan fingerprint density at radius 3 is 2.95 bits per heavy atom. The zero-order valence-corrected chi connectivity index (χ0v) is 13.9. The van der Waals surface area contributed by atoms with Gasteiger partial charge in [-0.05, 0) is 19.9 Å². The first kappa shape index (κ1) is 16.7. The minimum Gasteiger partial charge on any atom is -0.346 e. The van der Waals surface area contributed by atoms with Gasteiger partial charge >= 0.3 is 0 Å². The van der Waals surface area contributed by atoms with E-state index in [2.05, 4.69) is 22.2 Å². The molecule has 0 spiro atoms. The van der Waals surface area contributed by atoms with Gasteiger partial charge < -0.3 is 16.0 Å². The van der Waals surface area contributed by atoms with Crippen LogP contribution in [0.2, 0.25) is 0 Å². The Labute approximate surface area is 135 Å². The monoisotopic (exact) mass is 330 g/mol. The molecular weight excluding hydrogens is 308 g/mol. The minimum absolute atomic E-state index is 0. The first-order valence-corrected chi connectivity index (χ1v) is 8.18. The van der Waals surface area contributed by atoms with Crippen LogP contribution in [0, 0.1) is 0 Å². The van der Waals surface area contributed by atoms with E-state index in [0.717, 1.165) is 44.5 Å². The summed E-state index contributed by atoms with van der Waals surface area (Å²) in [6, 6.07) is 0.202. The van der Waals surface area contributed by atoms with Gasteiger partial charge in [-0.1, -0.05) is 12.8 Å². The summed E-state index contributed by atoms with van der Waals surface area (Å²) in [4.78, 5) is 20.3. The second-order valence-corrected chi connectivity index (χ2v) is 6.99. The van der Waals surface area contributed by atoms with Gasteiger partial charge in [0.05, 0.1) is 5.69 Å². The molecule has 3 rings (SSSR count). The van der Waals surface area contributed by atoms with Crippen molar-refractivity contribution in [1.29, 1.82) is 0 Å². The number of nitrogens with zero attached hydrogens (tertiary/aromatic N) is 2. The summed E-state index contributed by atoms with van der Waals surface area (Å²) in [7, 11) is 2.10. The predicted molar refractivity (Wildman–Crippen MR) is 87.1 cm³/mol. The topological polar surface area (TPSA) is 71.2 Å². The molecule has 1 aliphatic heterocycles. The third-order valence-electron chi connectivity index (χ3n) is 4.25. The molecule has 21 heavy (non-hydrogen) atoms. The number of carbonyl (C=O) groups excluding carboxylic acids is 1. The highest BCUT2D eigenvalue weighted by atomic mass is 35.5. The van der Waals surface area contributed by atoms with Crippen molar-refractivity contribution in [2.24, 2.45) is 5.73 Å². The van der Waals surface area contributed by atoms with E-state index in [-0.39, 0.29) is 30.4 Å². The number of halogens is 1. The molecule has 5 nitrogen and oxygen atoms in total. The molecular formula is C14H23ClN4OS. The molecule has 0 saturated heterocycles. The van der Waals surface area contributed by atoms with Crippen molar-refractivity contribution in [3.05, 3.63) is 15.6 Å². The minimum atomic E-state index is -0.0468. The van der Waals surface area contributed by atoms with Crippen molar-refractivity contribution < 1.29 is 4.79 Å². The number of hydrogen-bond acceptors (Lipinski definition) is 5. The molecule has 1 saturated carbocycles. The highest BCUT2D eigenvalue weighted by Crippen LogP contribution is 2.25. The van der Waals surface area contributed by atoms with Gasteiger partial charge in [-0.3, -0.25) is 4.79 Å². The van der Waals surface area contributed by atoms with Crippen molar-refractivity contribution in [1.82, 2.24) is 15.2 Å². The van der Waals surface area contributed by atoms with Crippen LogP contribution in [-0.2, 0) is 13.0 Å². The predicted octanol–water partition coefficient (Wildman–Crippen LogP) is 1.55. The summed E-state index contributed by atoms with van der Waals surface area (Å²) in [5.74, 6) is -0.0468. The number of thiazole rings is 1. The Hall–Kier alpha value is -0.690. The quantitative estimate of drug-likeness (QED) is 0.863. The number of fused-ring (bicyclic) bond motifs is 1. The van der Waals surface area contributed by atoms with Crippen molar-refractivity contribution in [2.75, 3.05) is 13.6 Å². The molecule has 2 heterocycles. The molecule has 1 aromatic heterocycles. The third-order valence-corrected chi connectivity index (χ3v) is 5.33. The van der Waals surface area contributed by atoms with Crippen molar-refractivity contribution >= 4 is 29.7 Å². The zero-order chi connectivity index (χ0) is 14.1. The Kier molecular flexibility index (Phi) is 5.60. The van der Waals surface area contributed by atoms with Crippen LogP contribution < -0.4 is 11.1 Å². The van der Waals surface area contributed by atoms with Crippen molar-refractivity contribution in [3.63, 3.8) is 0 Å². The average Bonchev–Trinajstić information content (AvgIpc) is 2.84. The van der Waals surface area contributed by atoms with E-state index in [1.807, 2.05) is 0 Å². The lowest BCUT2D eigenvalue weighted by atomic mass is 9.91. The number of amides is 1. The van der Waals surface area contributed by atoms with Gasteiger partial charge in [-0.2, -0.15) is 0 Å². The van der Waals surface area contributed by atoms with Crippen LogP contribution in [0.4, 0.5) is 0 Å². The number of hydrogen-bond donors (Lipinski definition) is 2. The second-order valence-electron chi connectivity index (χ2n) is 5.90. The maximum atomic E-state index is 12.3. The first-order valence-electron chi connectivity index (χ1n) is 7.37. The van der Waals surface area contributed by atoms with Gasteiger partial charge in [-0.15, -0.1) is 23.7 Å². The van der Waals surface area contributed by atoms with Gasteiger partial charge in [0.15, 0.2) is 5.01 Å². The Bertz CT molecular complexity index is 507. The van der Waals surface area contributed by atoms with E-state index in [1.165, 1.54) is 22.6 Å². The highest BCUT2D eigenvalue weighted by molar-refractivity contribution is 7.13. The summed E-state index contributed by atoms with van der Waals surface area (Å²) in [5, 5.41) is 3.68. The first-order chi connectivity index (χ1) is 9.63. The third kappa shape index (κ3) is 3.74. The molecule has 0 radical (unpaired) electrons. The maximum Gasteiger partial charge on any atom is 0.280 e. The summed E-state index contributed by atoms with van der Waals surface area (Å²) >= 11 is 1.53. The smallest absolute Gasteiger partial charge is 0.280 e. The maximum absolute atomic E-state index is 12.3. The van der Waals surface area contributed by atoms with Crippen LogP contribution in [0.5, 0.6) is 0 Å². The van der Waals surface area contributed by atoms with Crippen LogP contribution in [-0.4, -0.2) is 41.5 Å². The summed E-state index contributed by atoms with van der Waals surface area (Å²) in [6.07, 6.45) is 5.26. The van der Waals surface area contributed by atoms with Crippen LogP contribution in [0.15, 0.2) is 0 Å². The lowest BCUT2D eigenvalue weighted by molar-refractivity contribution is 0.0920. The van der Waals surface area contributed by atoms with Gasteiger partial charge in [0.2, 0.25) is 0 Å². The molecule has 3 N–H and O–H groups in total. The number of likely N-dealkylation sites (N-methyl/N-ethyl adjacent to an activating group) is 1. The van der Waals surface area contributed by atoms with Crippen LogP contribution in [0.1, 0.15) is 46.1 Å². The molecule has 118 valence electrons. The van der Waals surface area contributed by atoms with E-state index >= 15 is 0 Å². The number of carbonyl (C=O) groups is 1. The molecule has 1 aliphatic carbocycles.